The fourth-order valence-corrected chi connectivity index (χ4v) is 2.61. The Morgan fingerprint density at radius 3 is 2.88 bits per heavy atom. The Bertz CT molecular complexity index is 615. The molecule has 25 heavy (non-hydrogen) atoms. The normalized spacial score (nSPS) is 20.2. The van der Waals surface area contributed by atoms with Crippen molar-refractivity contribution < 1.29 is 23.0 Å². The lowest BCUT2D eigenvalue weighted by molar-refractivity contribution is -0.125. The van der Waals surface area contributed by atoms with E-state index in [-0.39, 0.29) is 24.5 Å². The number of rotatable bonds is 7. The zero-order chi connectivity index (χ0) is 18.2. The van der Waals surface area contributed by atoms with E-state index in [9.17, 15) is 13.6 Å². The van der Waals surface area contributed by atoms with Gasteiger partial charge in [-0.15, -0.1) is 0 Å². The summed E-state index contributed by atoms with van der Waals surface area (Å²) in [5.74, 6) is -1.91. The first kappa shape index (κ1) is 19.5. The zero-order valence-corrected chi connectivity index (χ0v) is 14.7. The van der Waals surface area contributed by atoms with Crippen LogP contribution in [0.2, 0.25) is 0 Å². The summed E-state index contributed by atoms with van der Waals surface area (Å²) in [6, 6.07) is 3.60. The number of ether oxygens (including phenoxy) is 2. The summed E-state index contributed by atoms with van der Waals surface area (Å²) < 4.78 is 37.3. The van der Waals surface area contributed by atoms with Gasteiger partial charge >= 0.3 is 0 Å². The van der Waals surface area contributed by atoms with E-state index >= 15 is 0 Å². The molecule has 6 heteroatoms. The minimum Gasteiger partial charge on any atom is -0.379 e. The van der Waals surface area contributed by atoms with E-state index in [1.165, 1.54) is 11.6 Å². The molecule has 1 aliphatic rings. The summed E-state index contributed by atoms with van der Waals surface area (Å²) in [5, 5.41) is 2.97. The van der Waals surface area contributed by atoms with Crippen molar-refractivity contribution in [2.45, 2.75) is 45.3 Å². The summed E-state index contributed by atoms with van der Waals surface area (Å²) >= 11 is 0. The largest absolute Gasteiger partial charge is 0.379 e. The minimum atomic E-state index is -0.893. The van der Waals surface area contributed by atoms with Crippen molar-refractivity contribution in [3.8, 4) is 0 Å². The molecule has 2 rings (SSSR count). The quantitative estimate of drug-likeness (QED) is 0.766. The number of nitrogens with one attached hydrogen (secondary N) is 1. The van der Waals surface area contributed by atoms with Gasteiger partial charge in [0.1, 0.15) is 6.10 Å². The number of amides is 1. The zero-order valence-electron chi connectivity index (χ0n) is 14.7. The number of aryl methyl sites for hydroxylation is 1. The molecule has 2 unspecified atom stereocenters. The number of halogens is 2. The molecular weight excluding hydrogens is 328 g/mol. The van der Waals surface area contributed by atoms with Gasteiger partial charge in [0.2, 0.25) is 5.91 Å². The number of allylic oxidation sites excluding steroid dienone is 1. The Kier molecular flexibility index (Phi) is 7.52. The molecule has 2 atom stereocenters. The van der Waals surface area contributed by atoms with Gasteiger partial charge in [-0.3, -0.25) is 4.79 Å². The van der Waals surface area contributed by atoms with Gasteiger partial charge in [-0.25, -0.2) is 8.78 Å². The summed E-state index contributed by atoms with van der Waals surface area (Å²) in [5.41, 5.74) is 1.77. The number of hydrogen-bond donors (Lipinski definition) is 1. The van der Waals surface area contributed by atoms with Gasteiger partial charge in [0.05, 0.1) is 19.3 Å². The maximum Gasteiger partial charge on any atom is 0.220 e. The van der Waals surface area contributed by atoms with E-state index in [2.05, 4.69) is 5.32 Å². The van der Waals surface area contributed by atoms with Crippen LogP contribution in [0.3, 0.4) is 0 Å². The van der Waals surface area contributed by atoms with E-state index in [4.69, 9.17) is 9.47 Å². The van der Waals surface area contributed by atoms with Crippen molar-refractivity contribution in [2.24, 2.45) is 0 Å². The summed E-state index contributed by atoms with van der Waals surface area (Å²) in [4.78, 5) is 12.2. The van der Waals surface area contributed by atoms with E-state index in [1.54, 1.807) is 0 Å². The summed E-state index contributed by atoms with van der Waals surface area (Å²) in [6.07, 6.45) is 3.06. The molecule has 0 spiro atoms. The number of carbonyl (C=O) groups excluding carboxylic acids is 1. The Morgan fingerprint density at radius 1 is 1.36 bits per heavy atom. The molecular formula is C19H25F2NO3. The summed E-state index contributed by atoms with van der Waals surface area (Å²) in [6.45, 7) is 5.51. The molecule has 1 N–H and O–H groups in total. The van der Waals surface area contributed by atoms with Crippen molar-refractivity contribution in [3.05, 3.63) is 47.0 Å². The maximum atomic E-state index is 13.2. The monoisotopic (exact) mass is 353 g/mol. The Balaban J connectivity index is 1.82. The first-order valence-electron chi connectivity index (χ1n) is 8.51. The smallest absolute Gasteiger partial charge is 0.220 e. The molecule has 1 fully saturated rings. The lowest BCUT2D eigenvalue weighted by Crippen LogP contribution is -2.50. The molecule has 1 aliphatic heterocycles. The van der Waals surface area contributed by atoms with Crippen LogP contribution in [0.4, 0.5) is 8.78 Å². The highest BCUT2D eigenvalue weighted by Crippen LogP contribution is 2.14. The SMILES string of the molecule is CC(C)=CCOC1COCCC1NC(=O)CCc1ccc(F)c(F)c1. The minimum absolute atomic E-state index is 0.100. The van der Waals surface area contributed by atoms with Crippen molar-refractivity contribution in [2.75, 3.05) is 19.8 Å². The van der Waals surface area contributed by atoms with Gasteiger partial charge in [0.15, 0.2) is 11.6 Å². The van der Waals surface area contributed by atoms with Gasteiger partial charge in [-0.1, -0.05) is 17.7 Å². The first-order valence-corrected chi connectivity index (χ1v) is 8.51. The van der Waals surface area contributed by atoms with Gasteiger partial charge in [0, 0.05) is 13.0 Å². The van der Waals surface area contributed by atoms with Crippen LogP contribution >= 0.6 is 0 Å². The van der Waals surface area contributed by atoms with Gasteiger partial charge < -0.3 is 14.8 Å². The second kappa shape index (κ2) is 9.63. The third kappa shape index (κ3) is 6.55. The van der Waals surface area contributed by atoms with Crippen LogP contribution < -0.4 is 5.32 Å². The Labute approximate surface area is 147 Å². The second-order valence-corrected chi connectivity index (χ2v) is 6.44. The van der Waals surface area contributed by atoms with Gasteiger partial charge in [0.25, 0.3) is 0 Å². The van der Waals surface area contributed by atoms with Crippen molar-refractivity contribution in [3.63, 3.8) is 0 Å². The molecule has 0 bridgehead atoms. The van der Waals surface area contributed by atoms with Crippen LogP contribution in [0.1, 0.15) is 32.3 Å². The van der Waals surface area contributed by atoms with Crippen LogP contribution in [0.25, 0.3) is 0 Å². The molecule has 0 aliphatic carbocycles. The molecule has 0 saturated carbocycles. The predicted molar refractivity (Wildman–Crippen MR) is 91.2 cm³/mol. The third-order valence-electron chi connectivity index (χ3n) is 4.08. The number of hydrogen-bond acceptors (Lipinski definition) is 3. The standard InChI is InChI=1S/C19H25F2NO3/c1-13(2)7-10-25-18-12-24-9-8-17(18)22-19(23)6-4-14-3-5-15(20)16(21)11-14/h3,5,7,11,17-18H,4,6,8-10,12H2,1-2H3,(H,22,23). The molecule has 4 nitrogen and oxygen atoms in total. The fraction of sp³-hybridized carbons (Fsp3) is 0.526. The lowest BCUT2D eigenvalue weighted by atomic mass is 10.0. The third-order valence-corrected chi connectivity index (χ3v) is 4.08. The number of carbonyl (C=O) groups is 1. The highest BCUT2D eigenvalue weighted by molar-refractivity contribution is 5.76. The average molecular weight is 353 g/mol. The topological polar surface area (TPSA) is 47.6 Å². The van der Waals surface area contributed by atoms with Crippen LogP contribution in [0.15, 0.2) is 29.8 Å². The average Bonchev–Trinajstić information content (AvgIpc) is 2.57. The summed E-state index contributed by atoms with van der Waals surface area (Å²) in [7, 11) is 0. The predicted octanol–water partition coefficient (Wildman–Crippen LogP) is 3.15. The van der Waals surface area contributed by atoms with Crippen LogP contribution in [-0.4, -0.2) is 37.9 Å². The van der Waals surface area contributed by atoms with Crippen molar-refractivity contribution in [1.82, 2.24) is 5.32 Å². The van der Waals surface area contributed by atoms with Crippen molar-refractivity contribution >= 4 is 5.91 Å². The molecule has 1 aromatic carbocycles. The van der Waals surface area contributed by atoms with Gasteiger partial charge in [-0.2, -0.15) is 0 Å². The lowest BCUT2D eigenvalue weighted by Gasteiger charge is -2.32. The molecule has 0 radical (unpaired) electrons. The molecule has 1 amide bonds. The van der Waals surface area contributed by atoms with Crippen LogP contribution in [0, 0.1) is 11.6 Å². The molecule has 1 aromatic rings. The molecule has 1 saturated heterocycles. The highest BCUT2D eigenvalue weighted by atomic mass is 19.2. The highest BCUT2D eigenvalue weighted by Gasteiger charge is 2.27. The molecule has 1 heterocycles. The molecule has 138 valence electrons. The fourth-order valence-electron chi connectivity index (χ4n) is 2.61. The van der Waals surface area contributed by atoms with Gasteiger partial charge in [-0.05, 0) is 44.4 Å². The van der Waals surface area contributed by atoms with Crippen molar-refractivity contribution in [1.29, 1.82) is 0 Å². The van der Waals surface area contributed by atoms with E-state index < -0.39 is 11.6 Å². The van der Waals surface area contributed by atoms with Crippen LogP contribution in [-0.2, 0) is 20.7 Å². The Hall–Kier alpha value is -1.79. The van der Waals surface area contributed by atoms with Crippen LogP contribution in [0.5, 0.6) is 0 Å². The van der Waals surface area contributed by atoms with E-state index in [1.807, 2.05) is 19.9 Å². The first-order chi connectivity index (χ1) is 12.0. The number of benzene rings is 1. The van der Waals surface area contributed by atoms with E-state index in [0.29, 0.717) is 38.2 Å². The second-order valence-electron chi connectivity index (χ2n) is 6.44. The Morgan fingerprint density at radius 2 is 2.16 bits per heavy atom. The molecule has 0 aromatic heterocycles. The maximum absolute atomic E-state index is 13.2. The van der Waals surface area contributed by atoms with E-state index in [0.717, 1.165) is 12.1 Å².